The zero-order valence-corrected chi connectivity index (χ0v) is 10.3. The molecule has 0 unspecified atom stereocenters. The average Bonchev–Trinajstić information content (AvgIpc) is 2.34. The summed E-state index contributed by atoms with van der Waals surface area (Å²) in [7, 11) is 0. The zero-order chi connectivity index (χ0) is 8.27. The first-order chi connectivity index (χ1) is 5.24. The maximum atomic E-state index is 10.7. The molecule has 1 rings (SSSR count). The summed E-state index contributed by atoms with van der Waals surface area (Å²) < 4.78 is 0. The Kier molecular flexibility index (Phi) is 5.80. The van der Waals surface area contributed by atoms with Crippen molar-refractivity contribution in [2.75, 3.05) is 0 Å². The molecule has 0 fully saturated rings. The molecule has 0 N–H and O–H groups in total. The number of thiophene rings is 1. The monoisotopic (exact) mass is 256 g/mol. The summed E-state index contributed by atoms with van der Waals surface area (Å²) >= 11 is 1.42. The van der Waals surface area contributed by atoms with Gasteiger partial charge in [-0.3, -0.25) is 0 Å². The third-order valence-electron chi connectivity index (χ3n) is 1.26. The van der Waals surface area contributed by atoms with Crippen molar-refractivity contribution >= 4 is 23.4 Å². The smallest absolute Gasteiger partial charge is 0.376 e. The zero-order valence-electron chi connectivity index (χ0n) is 6.66. The molecule has 0 radical (unpaired) electrons. The van der Waals surface area contributed by atoms with Crippen LogP contribution in [0, 0.1) is 0 Å². The molecule has 0 aliphatic carbocycles. The van der Waals surface area contributed by atoms with Gasteiger partial charge in [0.25, 0.3) is 0 Å². The van der Waals surface area contributed by atoms with Crippen molar-refractivity contribution in [3.8, 4) is 0 Å². The Balaban J connectivity index is 0.00000121. The number of ketones is 1. The Morgan fingerprint density at radius 2 is 2.33 bits per heavy atom. The van der Waals surface area contributed by atoms with E-state index < -0.39 is 0 Å². The van der Waals surface area contributed by atoms with Crippen LogP contribution >= 0.6 is 11.3 Å². The van der Waals surface area contributed by atoms with Crippen LogP contribution in [0.1, 0.15) is 17.4 Å². The number of carbonyl (C=O) groups excluding carboxylic acids is 2. The fourth-order valence-electron chi connectivity index (χ4n) is 0.795. The quantitative estimate of drug-likeness (QED) is 0.765. The standard InChI is InChI=1S/C8H7O2S.Y/c1-6(10)4-8-7(5-9)2-3-11-8;/h2-3H,4H2,1H3;/q-1;+3. The van der Waals surface area contributed by atoms with Crippen molar-refractivity contribution in [2.45, 2.75) is 13.3 Å². The summed E-state index contributed by atoms with van der Waals surface area (Å²) in [5.41, 5.74) is 0.519. The molecule has 0 aromatic carbocycles. The first kappa shape index (κ1) is 12.1. The average molecular weight is 256 g/mol. The predicted octanol–water partition coefficient (Wildman–Crippen LogP) is 1.33. The van der Waals surface area contributed by atoms with Crippen LogP contribution in [0.25, 0.3) is 0 Å². The molecule has 4 heteroatoms. The van der Waals surface area contributed by atoms with Gasteiger partial charge in [0, 0.05) is 0 Å². The van der Waals surface area contributed by atoms with Crippen LogP contribution in [0.2, 0.25) is 0 Å². The van der Waals surface area contributed by atoms with Crippen molar-refractivity contribution in [1.82, 2.24) is 0 Å². The molecular weight excluding hydrogens is 249 g/mol. The van der Waals surface area contributed by atoms with E-state index in [2.05, 4.69) is 0 Å². The summed E-state index contributed by atoms with van der Waals surface area (Å²) in [6.07, 6.45) is 2.14. The van der Waals surface area contributed by atoms with Crippen LogP contribution in [-0.4, -0.2) is 12.1 Å². The molecule has 1 aromatic heterocycles. The van der Waals surface area contributed by atoms with E-state index in [1.165, 1.54) is 18.3 Å². The SMILES string of the molecule is CC(=O)Cc1sccc1[C-]=O.[Y+3]. The third-order valence-corrected chi connectivity index (χ3v) is 2.19. The van der Waals surface area contributed by atoms with Crippen molar-refractivity contribution in [3.63, 3.8) is 0 Å². The fourth-order valence-corrected chi connectivity index (χ4v) is 1.69. The second-order valence-electron chi connectivity index (χ2n) is 2.24. The minimum atomic E-state index is 0. The molecule has 0 saturated heterocycles. The molecule has 0 atom stereocenters. The number of hydrogen-bond donors (Lipinski definition) is 0. The maximum absolute atomic E-state index is 10.7. The van der Waals surface area contributed by atoms with Crippen molar-refractivity contribution in [3.05, 3.63) is 21.9 Å². The van der Waals surface area contributed by atoms with E-state index in [-0.39, 0.29) is 38.5 Å². The van der Waals surface area contributed by atoms with Gasteiger partial charge in [-0.25, -0.2) is 11.3 Å². The van der Waals surface area contributed by atoms with Crippen LogP contribution in [0.4, 0.5) is 0 Å². The van der Waals surface area contributed by atoms with E-state index in [9.17, 15) is 9.59 Å². The van der Waals surface area contributed by atoms with Crippen molar-refractivity contribution in [2.24, 2.45) is 0 Å². The second-order valence-corrected chi connectivity index (χ2v) is 3.24. The molecule has 1 aromatic rings. The van der Waals surface area contributed by atoms with E-state index in [1.54, 1.807) is 17.7 Å². The van der Waals surface area contributed by atoms with Gasteiger partial charge in [-0.05, 0) is 13.3 Å². The molecule has 0 aliphatic heterocycles. The summed E-state index contributed by atoms with van der Waals surface area (Å²) in [4.78, 5) is 21.7. The Morgan fingerprint density at radius 1 is 1.67 bits per heavy atom. The van der Waals surface area contributed by atoms with E-state index in [0.717, 1.165) is 4.88 Å². The van der Waals surface area contributed by atoms with Gasteiger partial charge in [-0.15, -0.1) is 5.56 Å². The first-order valence-corrected chi connectivity index (χ1v) is 4.06. The topological polar surface area (TPSA) is 34.1 Å². The van der Waals surface area contributed by atoms with Crippen molar-refractivity contribution in [1.29, 1.82) is 0 Å². The summed E-state index contributed by atoms with van der Waals surface area (Å²) in [6, 6.07) is 1.68. The molecule has 0 amide bonds. The number of rotatable bonds is 3. The van der Waals surface area contributed by atoms with Gasteiger partial charge >= 0.3 is 32.7 Å². The van der Waals surface area contributed by atoms with E-state index in [4.69, 9.17) is 0 Å². The summed E-state index contributed by atoms with van der Waals surface area (Å²) in [6.45, 7) is 1.51. The molecule has 0 bridgehead atoms. The van der Waals surface area contributed by atoms with E-state index >= 15 is 0 Å². The van der Waals surface area contributed by atoms with Crippen molar-refractivity contribution < 1.29 is 42.3 Å². The molecule has 2 nitrogen and oxygen atoms in total. The van der Waals surface area contributed by atoms with Crippen LogP contribution in [0.15, 0.2) is 11.4 Å². The Morgan fingerprint density at radius 3 is 2.83 bits per heavy atom. The number of Topliss-reactive ketones (excluding diaryl/α,β-unsaturated/α-hetero) is 1. The number of carbonyl (C=O) groups is 1. The summed E-state index contributed by atoms with van der Waals surface area (Å²) in [5, 5.41) is 1.79. The normalized spacial score (nSPS) is 8.75. The maximum Gasteiger partial charge on any atom is 3.00 e. The van der Waals surface area contributed by atoms with Crippen LogP contribution in [0.5, 0.6) is 0 Å². The molecule has 0 aliphatic rings. The van der Waals surface area contributed by atoms with Crippen LogP contribution < -0.4 is 0 Å². The molecule has 0 spiro atoms. The fraction of sp³-hybridized carbons (Fsp3) is 0.250. The molecule has 0 saturated carbocycles. The Labute approximate surface area is 100 Å². The van der Waals surface area contributed by atoms with Gasteiger partial charge in [-0.2, -0.15) is 6.07 Å². The minimum Gasteiger partial charge on any atom is -0.376 e. The Hall–Kier alpha value is 0.144. The molecule has 12 heavy (non-hydrogen) atoms. The van der Waals surface area contributed by atoms with Crippen LogP contribution in [0.3, 0.4) is 0 Å². The largest absolute Gasteiger partial charge is 3.00 e. The third kappa shape index (κ3) is 3.25. The Bertz CT molecular complexity index is 280. The van der Waals surface area contributed by atoms with E-state index in [0.29, 0.717) is 12.0 Å². The van der Waals surface area contributed by atoms with Gasteiger partial charge in [0.05, 0.1) is 6.29 Å². The second kappa shape index (κ2) is 5.73. The molecular formula is C8H7O2SY+2. The minimum absolute atomic E-state index is 0. The van der Waals surface area contributed by atoms with Gasteiger partial charge in [0.1, 0.15) is 5.78 Å². The summed E-state index contributed by atoms with van der Waals surface area (Å²) in [5.74, 6) is 0.0731. The first-order valence-electron chi connectivity index (χ1n) is 3.18. The van der Waals surface area contributed by atoms with Gasteiger partial charge in [0.15, 0.2) is 0 Å². The van der Waals surface area contributed by atoms with Gasteiger partial charge < -0.3 is 9.59 Å². The molecule has 58 valence electrons. The number of hydrogen-bond acceptors (Lipinski definition) is 3. The van der Waals surface area contributed by atoms with Gasteiger partial charge in [-0.1, -0.05) is 10.3 Å². The predicted molar refractivity (Wildman–Crippen MR) is 43.5 cm³/mol. The van der Waals surface area contributed by atoms with E-state index in [1.807, 2.05) is 0 Å². The van der Waals surface area contributed by atoms with Gasteiger partial charge in [0.2, 0.25) is 0 Å². The molecule has 1 heterocycles. The van der Waals surface area contributed by atoms with Crippen LogP contribution in [-0.2, 0) is 48.7 Å².